The van der Waals surface area contributed by atoms with Crippen molar-refractivity contribution in [2.75, 3.05) is 12.8 Å². The van der Waals surface area contributed by atoms with E-state index in [2.05, 4.69) is 15.5 Å². The number of carbonyl (C=O) groups excluding carboxylic acids is 1. The highest BCUT2D eigenvalue weighted by molar-refractivity contribution is 7.15. The maximum atomic E-state index is 11.8. The lowest BCUT2D eigenvalue weighted by Gasteiger charge is -2.04. The topological polar surface area (TPSA) is 90.1 Å². The van der Waals surface area contributed by atoms with E-state index in [0.717, 1.165) is 0 Å². The number of nitrogen functional groups attached to an aromatic ring is 1. The van der Waals surface area contributed by atoms with E-state index < -0.39 is 0 Å². The molecule has 6 nitrogen and oxygen atoms in total. The molecule has 2 aromatic rings. The number of hydrogen-bond acceptors (Lipinski definition) is 6. The summed E-state index contributed by atoms with van der Waals surface area (Å²) in [7, 11) is 1.58. The summed E-state index contributed by atoms with van der Waals surface area (Å²) in [6.07, 6.45) is 0. The van der Waals surface area contributed by atoms with Crippen molar-refractivity contribution in [1.82, 2.24) is 15.5 Å². The van der Waals surface area contributed by atoms with E-state index in [1.165, 1.54) is 11.3 Å². The summed E-state index contributed by atoms with van der Waals surface area (Å²) in [6, 6.07) is 6.86. The Balaban J connectivity index is 1.94. The van der Waals surface area contributed by atoms with E-state index in [0.29, 0.717) is 28.0 Å². The smallest absolute Gasteiger partial charge is 0.251 e. The van der Waals surface area contributed by atoms with Crippen LogP contribution >= 0.6 is 11.3 Å². The van der Waals surface area contributed by atoms with Gasteiger partial charge in [0.05, 0.1) is 13.7 Å². The van der Waals surface area contributed by atoms with Gasteiger partial charge in [-0.2, -0.15) is 0 Å². The normalized spacial score (nSPS) is 10.1. The molecule has 0 fully saturated rings. The van der Waals surface area contributed by atoms with Crippen LogP contribution in [0, 0.1) is 0 Å². The number of amides is 1. The monoisotopic (exact) mass is 264 g/mol. The zero-order valence-corrected chi connectivity index (χ0v) is 10.5. The van der Waals surface area contributed by atoms with Crippen molar-refractivity contribution in [1.29, 1.82) is 0 Å². The van der Waals surface area contributed by atoms with Gasteiger partial charge in [0.15, 0.2) is 0 Å². The predicted octanol–water partition coefficient (Wildman–Crippen LogP) is 1.06. The minimum Gasteiger partial charge on any atom is -0.497 e. The third-order valence-electron chi connectivity index (χ3n) is 2.23. The molecule has 2 rings (SSSR count). The van der Waals surface area contributed by atoms with E-state index >= 15 is 0 Å². The lowest BCUT2D eigenvalue weighted by Crippen LogP contribution is -2.22. The number of aromatic nitrogens is 2. The number of rotatable bonds is 4. The summed E-state index contributed by atoms with van der Waals surface area (Å²) < 4.78 is 5.02. The van der Waals surface area contributed by atoms with E-state index in [-0.39, 0.29) is 5.91 Å². The number of anilines is 1. The minimum absolute atomic E-state index is 0.175. The van der Waals surface area contributed by atoms with Gasteiger partial charge in [-0.05, 0) is 24.3 Å². The van der Waals surface area contributed by atoms with Gasteiger partial charge >= 0.3 is 0 Å². The summed E-state index contributed by atoms with van der Waals surface area (Å²) in [6.45, 7) is 0.319. The maximum Gasteiger partial charge on any atom is 0.251 e. The second kappa shape index (κ2) is 5.46. The second-order valence-electron chi connectivity index (χ2n) is 3.45. The molecule has 0 saturated carbocycles. The first-order chi connectivity index (χ1) is 8.69. The Kier molecular flexibility index (Phi) is 3.73. The SMILES string of the molecule is COc1ccc(C(=O)NCc2nnc(N)s2)cc1. The van der Waals surface area contributed by atoms with E-state index in [4.69, 9.17) is 10.5 Å². The molecule has 0 saturated heterocycles. The molecule has 0 radical (unpaired) electrons. The first-order valence-corrected chi connectivity index (χ1v) is 6.01. The fraction of sp³-hybridized carbons (Fsp3) is 0.182. The largest absolute Gasteiger partial charge is 0.497 e. The molecule has 3 N–H and O–H groups in total. The summed E-state index contributed by atoms with van der Waals surface area (Å²) in [5, 5.41) is 11.3. The number of nitrogens with two attached hydrogens (primary N) is 1. The van der Waals surface area contributed by atoms with Crippen molar-refractivity contribution >= 4 is 22.4 Å². The molecule has 1 heterocycles. The Hall–Kier alpha value is -2.15. The highest BCUT2D eigenvalue weighted by Crippen LogP contribution is 2.12. The number of methoxy groups -OCH3 is 1. The van der Waals surface area contributed by atoms with Gasteiger partial charge in [0.2, 0.25) is 5.13 Å². The molecular formula is C11H12N4O2S. The lowest BCUT2D eigenvalue weighted by molar-refractivity contribution is 0.0951. The Morgan fingerprint density at radius 1 is 1.39 bits per heavy atom. The third-order valence-corrected chi connectivity index (χ3v) is 2.99. The zero-order chi connectivity index (χ0) is 13.0. The Morgan fingerprint density at radius 2 is 2.11 bits per heavy atom. The molecule has 0 aliphatic carbocycles. The summed E-state index contributed by atoms with van der Waals surface area (Å²) in [5.74, 6) is 0.537. The first kappa shape index (κ1) is 12.3. The average molecular weight is 264 g/mol. The molecule has 94 valence electrons. The van der Waals surface area contributed by atoms with Crippen molar-refractivity contribution in [2.45, 2.75) is 6.54 Å². The van der Waals surface area contributed by atoms with Crippen LogP contribution in [0.5, 0.6) is 5.75 Å². The number of ether oxygens (including phenoxy) is 1. The number of nitrogens with zero attached hydrogens (tertiary/aromatic N) is 2. The number of benzene rings is 1. The lowest BCUT2D eigenvalue weighted by atomic mass is 10.2. The van der Waals surface area contributed by atoms with Crippen LogP contribution < -0.4 is 15.8 Å². The van der Waals surface area contributed by atoms with Crippen molar-refractivity contribution in [3.05, 3.63) is 34.8 Å². The highest BCUT2D eigenvalue weighted by Gasteiger charge is 2.07. The minimum atomic E-state index is -0.175. The molecule has 1 aromatic carbocycles. The van der Waals surface area contributed by atoms with Crippen molar-refractivity contribution in [3.8, 4) is 5.75 Å². The quantitative estimate of drug-likeness (QED) is 0.861. The molecule has 1 aromatic heterocycles. The summed E-state index contributed by atoms with van der Waals surface area (Å²) in [4.78, 5) is 11.8. The van der Waals surface area contributed by atoms with Crippen LogP contribution in [-0.4, -0.2) is 23.2 Å². The maximum absolute atomic E-state index is 11.8. The zero-order valence-electron chi connectivity index (χ0n) is 9.71. The first-order valence-electron chi connectivity index (χ1n) is 5.19. The van der Waals surface area contributed by atoms with E-state index in [9.17, 15) is 4.79 Å². The van der Waals surface area contributed by atoms with Crippen LogP contribution in [-0.2, 0) is 6.54 Å². The van der Waals surface area contributed by atoms with Crippen molar-refractivity contribution in [2.24, 2.45) is 0 Å². The van der Waals surface area contributed by atoms with Gasteiger partial charge in [0.1, 0.15) is 10.8 Å². The van der Waals surface area contributed by atoms with Gasteiger partial charge in [0.25, 0.3) is 5.91 Å². The standard InChI is InChI=1S/C11H12N4O2S/c1-17-8-4-2-7(3-5-8)10(16)13-6-9-14-15-11(12)18-9/h2-5H,6H2,1H3,(H2,12,15)(H,13,16). The molecule has 0 unspecified atom stereocenters. The molecule has 0 bridgehead atoms. The van der Waals surface area contributed by atoms with Gasteiger partial charge in [-0.1, -0.05) is 11.3 Å². The Bertz CT molecular complexity index is 538. The molecular weight excluding hydrogens is 252 g/mol. The van der Waals surface area contributed by atoms with Gasteiger partial charge in [-0.15, -0.1) is 10.2 Å². The second-order valence-corrected chi connectivity index (χ2v) is 4.54. The third kappa shape index (κ3) is 2.95. The number of hydrogen-bond donors (Lipinski definition) is 2. The number of carbonyl (C=O) groups is 1. The predicted molar refractivity (Wildman–Crippen MR) is 68.5 cm³/mol. The molecule has 18 heavy (non-hydrogen) atoms. The molecule has 0 aliphatic heterocycles. The highest BCUT2D eigenvalue weighted by atomic mass is 32.1. The molecule has 1 amide bonds. The van der Waals surface area contributed by atoms with Crippen LogP contribution in [0.25, 0.3) is 0 Å². The van der Waals surface area contributed by atoms with Crippen LogP contribution in [0.1, 0.15) is 15.4 Å². The molecule has 7 heteroatoms. The van der Waals surface area contributed by atoms with Crippen LogP contribution in [0.15, 0.2) is 24.3 Å². The van der Waals surface area contributed by atoms with Crippen LogP contribution in [0.2, 0.25) is 0 Å². The van der Waals surface area contributed by atoms with Gasteiger partial charge in [0, 0.05) is 5.56 Å². The van der Waals surface area contributed by atoms with Crippen LogP contribution in [0.4, 0.5) is 5.13 Å². The van der Waals surface area contributed by atoms with E-state index in [1.54, 1.807) is 31.4 Å². The average Bonchev–Trinajstić information content (AvgIpc) is 2.82. The van der Waals surface area contributed by atoms with Crippen molar-refractivity contribution in [3.63, 3.8) is 0 Å². The van der Waals surface area contributed by atoms with E-state index in [1.807, 2.05) is 0 Å². The van der Waals surface area contributed by atoms with Crippen LogP contribution in [0.3, 0.4) is 0 Å². The van der Waals surface area contributed by atoms with Gasteiger partial charge < -0.3 is 15.8 Å². The Labute approximate surface area is 108 Å². The fourth-order valence-corrected chi connectivity index (χ4v) is 1.89. The van der Waals surface area contributed by atoms with Crippen molar-refractivity contribution < 1.29 is 9.53 Å². The molecule has 0 atom stereocenters. The van der Waals surface area contributed by atoms with Gasteiger partial charge in [-0.25, -0.2) is 0 Å². The van der Waals surface area contributed by atoms with Gasteiger partial charge in [-0.3, -0.25) is 4.79 Å². The number of nitrogens with one attached hydrogen (secondary N) is 1. The molecule has 0 aliphatic rings. The molecule has 0 spiro atoms. The summed E-state index contributed by atoms with van der Waals surface area (Å²) in [5.41, 5.74) is 6.01. The fourth-order valence-electron chi connectivity index (χ4n) is 1.34. The Morgan fingerprint density at radius 3 is 2.67 bits per heavy atom. The summed E-state index contributed by atoms with van der Waals surface area (Å²) >= 11 is 1.25.